The molecule has 3 heterocycles. The quantitative estimate of drug-likeness (QED) is 0.522. The van der Waals surface area contributed by atoms with Crippen LogP contribution in [0.15, 0.2) is 52.9 Å². The van der Waals surface area contributed by atoms with Crippen LogP contribution < -0.4 is 0 Å². The van der Waals surface area contributed by atoms with Gasteiger partial charge in [-0.3, -0.25) is 4.90 Å². The smallest absolute Gasteiger partial charge is 0.248 e. The predicted octanol–water partition coefficient (Wildman–Crippen LogP) is 3.28. The summed E-state index contributed by atoms with van der Waals surface area (Å²) in [4.78, 5) is 7.24. The van der Waals surface area contributed by atoms with Crippen LogP contribution in [-0.2, 0) is 17.8 Å². The third-order valence-electron chi connectivity index (χ3n) is 5.34. The summed E-state index contributed by atoms with van der Waals surface area (Å²) >= 11 is 0. The van der Waals surface area contributed by atoms with Gasteiger partial charge in [0.2, 0.25) is 11.8 Å². The van der Waals surface area contributed by atoms with E-state index in [-0.39, 0.29) is 0 Å². The Morgan fingerprint density at radius 2 is 1.72 bits per heavy atom. The van der Waals surface area contributed by atoms with Gasteiger partial charge in [-0.15, -0.1) is 10.2 Å². The molecule has 2 aromatic heterocycles. The van der Waals surface area contributed by atoms with Crippen molar-refractivity contribution in [1.82, 2.24) is 24.6 Å². The zero-order valence-corrected chi connectivity index (χ0v) is 16.4. The summed E-state index contributed by atoms with van der Waals surface area (Å²) in [6, 6.07) is 16.2. The lowest BCUT2D eigenvalue weighted by atomic mass is 10.1. The van der Waals surface area contributed by atoms with Crippen LogP contribution in [0.25, 0.3) is 22.5 Å². The molecule has 0 N–H and O–H groups in total. The van der Waals surface area contributed by atoms with Gasteiger partial charge in [-0.2, -0.15) is 0 Å². The fraction of sp³-hybridized carbons (Fsp3) is 0.318. The first kappa shape index (κ1) is 18.0. The van der Waals surface area contributed by atoms with Gasteiger partial charge in [0.25, 0.3) is 0 Å². The molecule has 1 aliphatic heterocycles. The molecule has 2 aromatic carbocycles. The van der Waals surface area contributed by atoms with E-state index in [2.05, 4.69) is 25.7 Å². The first-order valence-electron chi connectivity index (χ1n) is 9.90. The number of nitrogens with zero attached hydrogens (tertiary/aromatic N) is 5. The summed E-state index contributed by atoms with van der Waals surface area (Å²) < 4.78 is 13.7. The number of hydrogen-bond acceptors (Lipinski definition) is 6. The van der Waals surface area contributed by atoms with E-state index in [1.165, 1.54) is 0 Å². The number of imidazole rings is 1. The van der Waals surface area contributed by atoms with E-state index in [1.807, 2.05) is 49.4 Å². The summed E-state index contributed by atoms with van der Waals surface area (Å²) in [5.74, 6) is 2.13. The molecule has 0 spiro atoms. The van der Waals surface area contributed by atoms with Crippen LogP contribution in [0, 0.1) is 6.92 Å². The molecule has 0 amide bonds. The van der Waals surface area contributed by atoms with Gasteiger partial charge >= 0.3 is 0 Å². The Balaban J connectivity index is 1.47. The molecule has 0 radical (unpaired) electrons. The first-order chi connectivity index (χ1) is 14.3. The van der Waals surface area contributed by atoms with Crippen LogP contribution in [-0.4, -0.2) is 51.0 Å². The van der Waals surface area contributed by atoms with Crippen LogP contribution in [0.1, 0.15) is 17.3 Å². The Kier molecular flexibility index (Phi) is 4.83. The second-order valence-corrected chi connectivity index (χ2v) is 7.31. The van der Waals surface area contributed by atoms with Crippen molar-refractivity contribution < 1.29 is 9.15 Å². The summed E-state index contributed by atoms with van der Waals surface area (Å²) in [6.45, 7) is 6.69. The molecule has 148 valence electrons. The summed E-state index contributed by atoms with van der Waals surface area (Å²) in [6.07, 6.45) is 0. The number of aryl methyl sites for hydroxylation is 1. The molecule has 1 saturated heterocycles. The summed E-state index contributed by atoms with van der Waals surface area (Å²) in [7, 11) is 0. The van der Waals surface area contributed by atoms with E-state index in [4.69, 9.17) is 14.1 Å². The molecule has 0 aliphatic carbocycles. The summed E-state index contributed by atoms with van der Waals surface area (Å²) in [5, 5.41) is 8.58. The number of aromatic nitrogens is 4. The maximum absolute atomic E-state index is 6.01. The van der Waals surface area contributed by atoms with Crippen LogP contribution in [0.5, 0.6) is 0 Å². The number of fused-ring (bicyclic) bond motifs is 1. The van der Waals surface area contributed by atoms with Gasteiger partial charge in [0.15, 0.2) is 0 Å². The third-order valence-corrected chi connectivity index (χ3v) is 5.34. The van der Waals surface area contributed by atoms with Crippen molar-refractivity contribution in [2.75, 3.05) is 26.3 Å². The summed E-state index contributed by atoms with van der Waals surface area (Å²) in [5.41, 5.74) is 4.14. The number of para-hydroxylation sites is 2. The average molecular weight is 389 g/mol. The number of rotatable bonds is 5. The molecular formula is C22H23N5O2. The Labute approximate surface area is 168 Å². The maximum atomic E-state index is 6.01. The molecule has 0 bridgehead atoms. The number of morpholine rings is 1. The Hall–Kier alpha value is -3.03. The Bertz CT molecular complexity index is 1130. The molecule has 0 saturated carbocycles. The molecule has 7 nitrogen and oxygen atoms in total. The standard InChI is InChI=1S/C22H23N5O2/c1-16-6-2-3-7-17(16)22-25-24-21(29-22)15-27-19-9-5-4-8-18(19)23-20(27)14-26-10-12-28-13-11-26/h2-9H,10-15H2,1H3. The van der Waals surface area contributed by atoms with Gasteiger partial charge in [-0.05, 0) is 30.7 Å². The van der Waals surface area contributed by atoms with Gasteiger partial charge in [-0.25, -0.2) is 4.98 Å². The van der Waals surface area contributed by atoms with Crippen LogP contribution in [0.3, 0.4) is 0 Å². The number of ether oxygens (including phenoxy) is 1. The van der Waals surface area contributed by atoms with Crippen LogP contribution in [0.2, 0.25) is 0 Å². The second kappa shape index (κ2) is 7.77. The molecule has 0 unspecified atom stereocenters. The monoisotopic (exact) mass is 389 g/mol. The van der Waals surface area contributed by atoms with Gasteiger partial charge in [0.05, 0.1) is 30.8 Å². The molecular weight excluding hydrogens is 366 g/mol. The SMILES string of the molecule is Cc1ccccc1-c1nnc(Cn2c(CN3CCOCC3)nc3ccccc32)o1. The molecule has 7 heteroatoms. The maximum Gasteiger partial charge on any atom is 0.248 e. The highest BCUT2D eigenvalue weighted by atomic mass is 16.5. The van der Waals surface area contributed by atoms with Gasteiger partial charge in [0.1, 0.15) is 12.4 Å². The third kappa shape index (κ3) is 3.66. The van der Waals surface area contributed by atoms with Crippen molar-refractivity contribution in [3.8, 4) is 11.5 Å². The Morgan fingerprint density at radius 1 is 0.931 bits per heavy atom. The van der Waals surface area contributed by atoms with Gasteiger partial charge in [0, 0.05) is 18.7 Å². The average Bonchev–Trinajstić information content (AvgIpc) is 3.35. The molecule has 5 rings (SSSR count). The van der Waals surface area contributed by atoms with E-state index in [0.717, 1.165) is 60.8 Å². The molecule has 1 aliphatic rings. The zero-order valence-electron chi connectivity index (χ0n) is 16.4. The minimum Gasteiger partial charge on any atom is -0.419 e. The van der Waals surface area contributed by atoms with Crippen molar-refractivity contribution in [2.45, 2.75) is 20.0 Å². The fourth-order valence-corrected chi connectivity index (χ4v) is 3.76. The van der Waals surface area contributed by atoms with Crippen molar-refractivity contribution in [2.24, 2.45) is 0 Å². The largest absolute Gasteiger partial charge is 0.419 e. The van der Waals surface area contributed by atoms with E-state index < -0.39 is 0 Å². The zero-order chi connectivity index (χ0) is 19.6. The highest BCUT2D eigenvalue weighted by Crippen LogP contribution is 2.23. The first-order valence-corrected chi connectivity index (χ1v) is 9.90. The lowest BCUT2D eigenvalue weighted by Gasteiger charge is -2.26. The number of benzene rings is 2. The normalized spacial score (nSPS) is 15.2. The van der Waals surface area contributed by atoms with Crippen LogP contribution in [0.4, 0.5) is 0 Å². The van der Waals surface area contributed by atoms with Crippen molar-refractivity contribution in [3.63, 3.8) is 0 Å². The Morgan fingerprint density at radius 3 is 2.59 bits per heavy atom. The van der Waals surface area contributed by atoms with E-state index >= 15 is 0 Å². The van der Waals surface area contributed by atoms with Crippen LogP contribution >= 0.6 is 0 Å². The predicted molar refractivity (Wildman–Crippen MR) is 109 cm³/mol. The molecule has 1 fully saturated rings. The highest BCUT2D eigenvalue weighted by molar-refractivity contribution is 5.76. The molecule has 29 heavy (non-hydrogen) atoms. The van der Waals surface area contributed by atoms with Crippen molar-refractivity contribution >= 4 is 11.0 Å². The minimum absolute atomic E-state index is 0.499. The van der Waals surface area contributed by atoms with E-state index in [9.17, 15) is 0 Å². The van der Waals surface area contributed by atoms with E-state index in [1.54, 1.807) is 0 Å². The lowest BCUT2D eigenvalue weighted by molar-refractivity contribution is 0.0327. The minimum atomic E-state index is 0.499. The van der Waals surface area contributed by atoms with E-state index in [0.29, 0.717) is 18.3 Å². The molecule has 0 atom stereocenters. The molecule has 4 aromatic rings. The van der Waals surface area contributed by atoms with Crippen molar-refractivity contribution in [3.05, 3.63) is 65.8 Å². The lowest BCUT2D eigenvalue weighted by Crippen LogP contribution is -2.36. The topological polar surface area (TPSA) is 69.2 Å². The highest BCUT2D eigenvalue weighted by Gasteiger charge is 2.19. The van der Waals surface area contributed by atoms with Gasteiger partial charge < -0.3 is 13.7 Å². The number of hydrogen-bond donors (Lipinski definition) is 0. The fourth-order valence-electron chi connectivity index (χ4n) is 3.76. The van der Waals surface area contributed by atoms with Gasteiger partial charge in [-0.1, -0.05) is 30.3 Å². The second-order valence-electron chi connectivity index (χ2n) is 7.31. The van der Waals surface area contributed by atoms with Crippen molar-refractivity contribution in [1.29, 1.82) is 0 Å².